The number of halogens is 1. The number of hydrogen-bond acceptors (Lipinski definition) is 0. The first-order valence-corrected chi connectivity index (χ1v) is 11.0. The maximum Gasteiger partial charge on any atom is 0.125 e. The Bertz CT molecular complexity index is 498. The van der Waals surface area contributed by atoms with E-state index in [9.17, 15) is 0 Å². The summed E-state index contributed by atoms with van der Waals surface area (Å²) in [5.74, 6) is 0. The van der Waals surface area contributed by atoms with Crippen molar-refractivity contribution in [2.45, 2.75) is 13.0 Å². The van der Waals surface area contributed by atoms with Crippen LogP contribution in [-0.2, 0) is 0 Å². The molecule has 2 rings (SSSR count). The molecular weight excluding hydrogens is 328 g/mol. The minimum atomic E-state index is -0.103. The molecule has 0 atom stereocenters. The predicted octanol–water partition coefficient (Wildman–Crippen LogP) is 6.69. The molecule has 2 aromatic rings. The molecule has 2 heteroatoms. The van der Waals surface area contributed by atoms with Crippen LogP contribution in [0, 0.1) is 0 Å². The first-order valence-electron chi connectivity index (χ1n) is 7.90. The van der Waals surface area contributed by atoms with Crippen LogP contribution in [0.5, 0.6) is 0 Å². The molecule has 0 aromatic heterocycles. The standard InChI is InChI=1S/2C10H10.C2H7ClSi/c2*1-3-9-5-7-10(4-2)8-6-9;1-2-4-3/h2*3-8H,1-2H2;2,4H2,1H3. The summed E-state index contributed by atoms with van der Waals surface area (Å²) in [6.07, 6.45) is 7.31. The highest BCUT2D eigenvalue weighted by Crippen LogP contribution is 2.06. The van der Waals surface area contributed by atoms with Crippen molar-refractivity contribution in [1.82, 2.24) is 0 Å². The average molecular weight is 355 g/mol. The van der Waals surface area contributed by atoms with Gasteiger partial charge in [0.1, 0.15) is 8.83 Å². The Labute approximate surface area is 154 Å². The smallest absolute Gasteiger partial charge is 0.125 e. The third kappa shape index (κ3) is 9.83. The van der Waals surface area contributed by atoms with E-state index in [0.29, 0.717) is 0 Å². The van der Waals surface area contributed by atoms with Crippen molar-refractivity contribution in [2.75, 3.05) is 0 Å². The minimum Gasteiger partial charge on any atom is -0.176 e. The Hall–Kier alpha value is -2.09. The quantitative estimate of drug-likeness (QED) is 0.414. The second-order valence-corrected chi connectivity index (χ2v) is 7.35. The molecule has 0 saturated heterocycles. The highest BCUT2D eigenvalue weighted by molar-refractivity contribution is 6.93. The number of rotatable bonds is 5. The van der Waals surface area contributed by atoms with Crippen LogP contribution in [0.2, 0.25) is 6.04 Å². The van der Waals surface area contributed by atoms with E-state index in [1.54, 1.807) is 0 Å². The molecule has 126 valence electrons. The van der Waals surface area contributed by atoms with E-state index in [4.69, 9.17) is 11.1 Å². The molecule has 0 aliphatic rings. The third-order valence-electron chi connectivity index (χ3n) is 3.00. The Balaban J connectivity index is 0.000000363. The highest BCUT2D eigenvalue weighted by Gasteiger charge is 1.85. The van der Waals surface area contributed by atoms with Gasteiger partial charge in [0.05, 0.1) is 0 Å². The molecule has 0 spiro atoms. The van der Waals surface area contributed by atoms with E-state index in [-0.39, 0.29) is 8.83 Å². The molecule has 0 aliphatic heterocycles. The summed E-state index contributed by atoms with van der Waals surface area (Å²) in [5, 5.41) is 0. The Morgan fingerprint density at radius 3 is 0.917 bits per heavy atom. The van der Waals surface area contributed by atoms with Crippen molar-refractivity contribution in [3.8, 4) is 0 Å². The monoisotopic (exact) mass is 354 g/mol. The van der Waals surface area contributed by atoms with Gasteiger partial charge in [-0.15, -0.1) is 0 Å². The van der Waals surface area contributed by atoms with E-state index in [1.807, 2.05) is 72.8 Å². The summed E-state index contributed by atoms with van der Waals surface area (Å²) in [6.45, 7) is 16.8. The van der Waals surface area contributed by atoms with Gasteiger partial charge in [0.15, 0.2) is 0 Å². The molecule has 0 bridgehead atoms. The largest absolute Gasteiger partial charge is 0.176 e. The second kappa shape index (κ2) is 14.5. The van der Waals surface area contributed by atoms with Gasteiger partial charge in [-0.2, -0.15) is 11.1 Å². The Morgan fingerprint density at radius 2 is 0.833 bits per heavy atom. The van der Waals surface area contributed by atoms with Gasteiger partial charge in [0, 0.05) is 0 Å². The van der Waals surface area contributed by atoms with Crippen LogP contribution in [0.4, 0.5) is 0 Å². The average Bonchev–Trinajstić information content (AvgIpc) is 2.68. The van der Waals surface area contributed by atoms with Crippen molar-refractivity contribution < 1.29 is 0 Å². The zero-order valence-electron chi connectivity index (χ0n) is 14.5. The molecular formula is C22H27ClSi. The first-order chi connectivity index (χ1) is 11.6. The zero-order chi connectivity index (χ0) is 18.2. The summed E-state index contributed by atoms with van der Waals surface area (Å²) < 4.78 is 0. The van der Waals surface area contributed by atoms with Crippen molar-refractivity contribution >= 4 is 44.2 Å². The van der Waals surface area contributed by atoms with Gasteiger partial charge in [-0.25, -0.2) is 0 Å². The summed E-state index contributed by atoms with van der Waals surface area (Å²) >= 11 is 5.32. The van der Waals surface area contributed by atoms with E-state index < -0.39 is 0 Å². The molecule has 0 aliphatic carbocycles. The Kier molecular flexibility index (Phi) is 13.2. The fraction of sp³-hybridized carbons (Fsp3) is 0.0909. The van der Waals surface area contributed by atoms with Gasteiger partial charge >= 0.3 is 0 Å². The lowest BCUT2D eigenvalue weighted by molar-refractivity contribution is 1.47. The maximum atomic E-state index is 5.32. The van der Waals surface area contributed by atoms with Crippen molar-refractivity contribution in [3.05, 3.63) is 97.1 Å². The van der Waals surface area contributed by atoms with Gasteiger partial charge in [-0.3, -0.25) is 0 Å². The van der Waals surface area contributed by atoms with Crippen LogP contribution in [0.3, 0.4) is 0 Å². The summed E-state index contributed by atoms with van der Waals surface area (Å²) in [5.41, 5.74) is 4.58. The van der Waals surface area contributed by atoms with E-state index in [0.717, 1.165) is 22.3 Å². The number of hydrogen-bond donors (Lipinski definition) is 0. The van der Waals surface area contributed by atoms with E-state index >= 15 is 0 Å². The number of benzene rings is 2. The normalized spacial score (nSPS) is 9.08. The topological polar surface area (TPSA) is 0 Å². The molecule has 0 amide bonds. The van der Waals surface area contributed by atoms with Crippen molar-refractivity contribution in [1.29, 1.82) is 0 Å². The SMILES string of the molecule is C=Cc1ccc(C=C)cc1.C=Cc1ccc(C=C)cc1.CC[SiH2]Cl. The first kappa shape index (κ1) is 21.9. The van der Waals surface area contributed by atoms with Gasteiger partial charge in [0.25, 0.3) is 0 Å². The molecule has 0 radical (unpaired) electrons. The van der Waals surface area contributed by atoms with E-state index in [2.05, 4.69) is 33.2 Å². The second-order valence-electron chi connectivity index (χ2n) is 4.84. The molecule has 0 heterocycles. The van der Waals surface area contributed by atoms with Gasteiger partial charge in [0.2, 0.25) is 0 Å². The fourth-order valence-electron chi connectivity index (χ4n) is 1.54. The zero-order valence-corrected chi connectivity index (χ0v) is 16.7. The highest BCUT2D eigenvalue weighted by atomic mass is 35.6. The molecule has 24 heavy (non-hydrogen) atoms. The van der Waals surface area contributed by atoms with Crippen LogP contribution in [-0.4, -0.2) is 8.83 Å². The summed E-state index contributed by atoms with van der Waals surface area (Å²) in [4.78, 5) is 0. The third-order valence-corrected chi connectivity index (χ3v) is 4.52. The molecule has 0 saturated carbocycles. The van der Waals surface area contributed by atoms with Crippen LogP contribution in [0.15, 0.2) is 74.8 Å². The van der Waals surface area contributed by atoms with Crippen LogP contribution in [0.25, 0.3) is 24.3 Å². The predicted molar refractivity (Wildman–Crippen MR) is 118 cm³/mol. The van der Waals surface area contributed by atoms with Gasteiger partial charge < -0.3 is 0 Å². The van der Waals surface area contributed by atoms with Crippen molar-refractivity contribution in [3.63, 3.8) is 0 Å². The lowest BCUT2D eigenvalue weighted by Crippen LogP contribution is -1.71. The lowest BCUT2D eigenvalue weighted by atomic mass is 10.1. The molecule has 2 aromatic carbocycles. The van der Waals surface area contributed by atoms with Crippen LogP contribution >= 0.6 is 11.1 Å². The van der Waals surface area contributed by atoms with Crippen molar-refractivity contribution in [2.24, 2.45) is 0 Å². The molecule has 0 fully saturated rings. The van der Waals surface area contributed by atoms with Gasteiger partial charge in [-0.05, 0) is 22.3 Å². The molecule has 0 nitrogen and oxygen atoms in total. The molecule has 0 unspecified atom stereocenters. The van der Waals surface area contributed by atoms with Gasteiger partial charge in [-0.1, -0.05) is 112 Å². The molecule has 0 N–H and O–H groups in total. The summed E-state index contributed by atoms with van der Waals surface area (Å²) in [6, 6.07) is 17.4. The summed E-state index contributed by atoms with van der Waals surface area (Å²) in [7, 11) is -0.103. The van der Waals surface area contributed by atoms with E-state index in [1.165, 1.54) is 6.04 Å². The van der Waals surface area contributed by atoms with Crippen LogP contribution in [0.1, 0.15) is 29.2 Å². The Morgan fingerprint density at radius 1 is 0.667 bits per heavy atom. The lowest BCUT2D eigenvalue weighted by Gasteiger charge is -1.92. The van der Waals surface area contributed by atoms with Crippen LogP contribution < -0.4 is 0 Å². The minimum absolute atomic E-state index is 0.103. The fourth-order valence-corrected chi connectivity index (χ4v) is 1.54. The maximum absolute atomic E-state index is 5.32.